The van der Waals surface area contributed by atoms with Gasteiger partial charge in [0.15, 0.2) is 0 Å². The van der Waals surface area contributed by atoms with Crippen molar-refractivity contribution in [3.8, 4) is 0 Å². The molecule has 0 amide bonds. The number of pyridine rings is 1. The van der Waals surface area contributed by atoms with Gasteiger partial charge in [0, 0.05) is 31.7 Å². The van der Waals surface area contributed by atoms with Gasteiger partial charge in [0.05, 0.1) is 17.0 Å². The number of nitrogens with zero attached hydrogens (tertiary/aromatic N) is 2. The molecular formula is C16H22ClN3O. The maximum atomic E-state index is 6.22. The smallest absolute Gasteiger partial charge is 0.129 e. The van der Waals surface area contributed by atoms with Crippen LogP contribution < -0.4 is 10.2 Å². The summed E-state index contributed by atoms with van der Waals surface area (Å²) >= 11 is 6.22. The number of aromatic nitrogens is 1. The summed E-state index contributed by atoms with van der Waals surface area (Å²) in [5, 5.41) is 4.04. The Hall–Kier alpha value is -1.52. The lowest BCUT2D eigenvalue weighted by Gasteiger charge is -2.19. The fraction of sp³-hybridized carbons (Fsp3) is 0.438. The summed E-state index contributed by atoms with van der Waals surface area (Å²) in [5.41, 5.74) is 2.04. The predicted octanol–water partition coefficient (Wildman–Crippen LogP) is 3.77. The van der Waals surface area contributed by atoms with Gasteiger partial charge in [-0.3, -0.25) is 0 Å². The number of nitrogens with one attached hydrogen (secondary N) is 1. The average Bonchev–Trinajstić information content (AvgIpc) is 2.83. The van der Waals surface area contributed by atoms with Gasteiger partial charge in [-0.2, -0.15) is 0 Å². The van der Waals surface area contributed by atoms with E-state index in [4.69, 9.17) is 16.0 Å². The number of hydrogen-bond donors (Lipinski definition) is 1. The molecule has 0 saturated heterocycles. The fourth-order valence-corrected chi connectivity index (χ4v) is 2.19. The molecule has 1 N–H and O–H groups in total. The van der Waals surface area contributed by atoms with E-state index in [0.717, 1.165) is 29.4 Å². The molecule has 2 aromatic rings. The minimum absolute atomic E-state index is 0.401. The number of furan rings is 1. The van der Waals surface area contributed by atoms with Crippen molar-refractivity contribution in [3.05, 3.63) is 46.5 Å². The molecule has 0 aliphatic heterocycles. The lowest BCUT2D eigenvalue weighted by atomic mass is 10.2. The van der Waals surface area contributed by atoms with Gasteiger partial charge in [0.2, 0.25) is 0 Å². The van der Waals surface area contributed by atoms with Crippen LogP contribution in [0.3, 0.4) is 0 Å². The van der Waals surface area contributed by atoms with Crippen molar-refractivity contribution in [2.75, 3.05) is 11.9 Å². The van der Waals surface area contributed by atoms with Crippen LogP contribution in [0.5, 0.6) is 0 Å². The first-order valence-electron chi connectivity index (χ1n) is 7.10. The summed E-state index contributed by atoms with van der Waals surface area (Å²) in [4.78, 5) is 6.75. The molecule has 0 aliphatic rings. The van der Waals surface area contributed by atoms with Gasteiger partial charge in [-0.15, -0.1) is 0 Å². The number of halogens is 1. The molecule has 0 aliphatic carbocycles. The molecule has 5 heteroatoms. The molecule has 0 atom stereocenters. The first-order chi connectivity index (χ1) is 9.97. The Bertz CT molecular complexity index is 595. The number of rotatable bonds is 6. The van der Waals surface area contributed by atoms with Crippen molar-refractivity contribution in [3.63, 3.8) is 0 Å². The van der Waals surface area contributed by atoms with Crippen LogP contribution in [-0.4, -0.2) is 18.1 Å². The summed E-state index contributed by atoms with van der Waals surface area (Å²) < 4.78 is 5.33. The Balaban J connectivity index is 2.12. The number of anilines is 1. The highest BCUT2D eigenvalue weighted by Crippen LogP contribution is 2.21. The molecule has 114 valence electrons. The summed E-state index contributed by atoms with van der Waals surface area (Å²) in [6.45, 7) is 7.60. The summed E-state index contributed by atoms with van der Waals surface area (Å²) in [6, 6.07) is 6.23. The van der Waals surface area contributed by atoms with E-state index in [1.807, 2.05) is 32.2 Å². The first-order valence-corrected chi connectivity index (χ1v) is 7.48. The van der Waals surface area contributed by atoms with Crippen molar-refractivity contribution in [2.24, 2.45) is 0 Å². The SMILES string of the molecule is Cc1occc1CN(C)c1ccc(Cl)c(CNC(C)C)n1. The normalized spacial score (nSPS) is 11.1. The van der Waals surface area contributed by atoms with Gasteiger partial charge in [0.25, 0.3) is 0 Å². The van der Waals surface area contributed by atoms with Crippen molar-refractivity contribution in [1.82, 2.24) is 10.3 Å². The molecule has 0 fully saturated rings. The maximum Gasteiger partial charge on any atom is 0.129 e. The molecule has 0 saturated carbocycles. The maximum absolute atomic E-state index is 6.22. The largest absolute Gasteiger partial charge is 0.469 e. The lowest BCUT2D eigenvalue weighted by Crippen LogP contribution is -2.24. The summed E-state index contributed by atoms with van der Waals surface area (Å²) in [5.74, 6) is 1.85. The third kappa shape index (κ3) is 4.22. The third-order valence-electron chi connectivity index (χ3n) is 3.35. The number of hydrogen-bond acceptors (Lipinski definition) is 4. The fourth-order valence-electron chi connectivity index (χ4n) is 2.02. The van der Waals surface area contributed by atoms with Crippen LogP contribution in [0.25, 0.3) is 0 Å². The van der Waals surface area contributed by atoms with Gasteiger partial charge >= 0.3 is 0 Å². The van der Waals surface area contributed by atoms with Crippen LogP contribution in [0.1, 0.15) is 30.9 Å². The van der Waals surface area contributed by atoms with Crippen LogP contribution in [0.15, 0.2) is 28.9 Å². The van der Waals surface area contributed by atoms with Crippen molar-refractivity contribution < 1.29 is 4.42 Å². The van der Waals surface area contributed by atoms with Gasteiger partial charge in [0.1, 0.15) is 11.6 Å². The van der Waals surface area contributed by atoms with Crippen molar-refractivity contribution >= 4 is 17.4 Å². The molecule has 2 rings (SSSR count). The van der Waals surface area contributed by atoms with E-state index in [9.17, 15) is 0 Å². The van der Waals surface area contributed by atoms with Crippen LogP contribution in [0, 0.1) is 6.92 Å². The van der Waals surface area contributed by atoms with E-state index < -0.39 is 0 Å². The molecule has 0 radical (unpaired) electrons. The topological polar surface area (TPSA) is 41.3 Å². The lowest BCUT2D eigenvalue weighted by molar-refractivity contribution is 0.529. The second-order valence-corrected chi connectivity index (χ2v) is 5.90. The highest BCUT2D eigenvalue weighted by Gasteiger charge is 2.10. The van der Waals surface area contributed by atoms with Crippen LogP contribution in [0.2, 0.25) is 5.02 Å². The summed E-state index contributed by atoms with van der Waals surface area (Å²) in [7, 11) is 2.02. The van der Waals surface area contributed by atoms with E-state index in [-0.39, 0.29) is 0 Å². The zero-order chi connectivity index (χ0) is 15.4. The predicted molar refractivity (Wildman–Crippen MR) is 86.8 cm³/mol. The zero-order valence-corrected chi connectivity index (χ0v) is 13.7. The standard InChI is InChI=1S/C16H22ClN3O/c1-11(2)18-9-15-14(17)5-6-16(19-15)20(4)10-13-7-8-21-12(13)3/h5-8,11,18H,9-10H2,1-4H3. The molecule has 4 nitrogen and oxygen atoms in total. The van der Waals surface area contributed by atoms with Crippen LogP contribution >= 0.6 is 11.6 Å². The third-order valence-corrected chi connectivity index (χ3v) is 3.69. The Kier molecular flexibility index (Phi) is 5.26. The van der Waals surface area contributed by atoms with E-state index in [2.05, 4.69) is 29.0 Å². The zero-order valence-electron chi connectivity index (χ0n) is 13.0. The quantitative estimate of drug-likeness (QED) is 0.882. The second kappa shape index (κ2) is 6.96. The van der Waals surface area contributed by atoms with Gasteiger partial charge in [-0.25, -0.2) is 4.98 Å². The molecule has 0 aromatic carbocycles. The summed E-state index contributed by atoms with van der Waals surface area (Å²) in [6.07, 6.45) is 1.71. The molecule has 0 unspecified atom stereocenters. The Morgan fingerprint density at radius 2 is 2.10 bits per heavy atom. The van der Waals surface area contributed by atoms with E-state index in [0.29, 0.717) is 17.6 Å². The Labute approximate surface area is 131 Å². The molecular weight excluding hydrogens is 286 g/mol. The monoisotopic (exact) mass is 307 g/mol. The highest BCUT2D eigenvalue weighted by atomic mass is 35.5. The molecule has 0 bridgehead atoms. The minimum Gasteiger partial charge on any atom is -0.469 e. The van der Waals surface area contributed by atoms with E-state index in [1.165, 1.54) is 0 Å². The van der Waals surface area contributed by atoms with E-state index in [1.54, 1.807) is 6.26 Å². The van der Waals surface area contributed by atoms with Gasteiger partial charge < -0.3 is 14.6 Å². The van der Waals surface area contributed by atoms with Crippen molar-refractivity contribution in [1.29, 1.82) is 0 Å². The minimum atomic E-state index is 0.401. The second-order valence-electron chi connectivity index (χ2n) is 5.49. The Morgan fingerprint density at radius 1 is 1.33 bits per heavy atom. The molecule has 2 aromatic heterocycles. The van der Waals surface area contributed by atoms with Crippen LogP contribution in [0.4, 0.5) is 5.82 Å². The molecule has 21 heavy (non-hydrogen) atoms. The Morgan fingerprint density at radius 3 is 2.71 bits per heavy atom. The van der Waals surface area contributed by atoms with E-state index >= 15 is 0 Å². The number of aryl methyl sites for hydroxylation is 1. The average molecular weight is 308 g/mol. The highest BCUT2D eigenvalue weighted by molar-refractivity contribution is 6.31. The first kappa shape index (κ1) is 15.9. The van der Waals surface area contributed by atoms with Crippen molar-refractivity contribution in [2.45, 2.75) is 39.9 Å². The van der Waals surface area contributed by atoms with Gasteiger partial charge in [-0.1, -0.05) is 25.4 Å². The molecule has 0 spiro atoms. The van der Waals surface area contributed by atoms with Gasteiger partial charge in [-0.05, 0) is 25.1 Å². The van der Waals surface area contributed by atoms with Crippen LogP contribution in [-0.2, 0) is 13.1 Å². The molecule has 2 heterocycles.